The van der Waals surface area contributed by atoms with Gasteiger partial charge < -0.3 is 4.42 Å². The van der Waals surface area contributed by atoms with Crippen molar-refractivity contribution in [2.75, 3.05) is 12.9 Å². The molecular formula is C19H24NOPS. The molecule has 2 nitrogen and oxygen atoms in total. The topological polar surface area (TPSA) is 25.5 Å². The van der Waals surface area contributed by atoms with Crippen LogP contribution in [0, 0.1) is 6.92 Å². The zero-order valence-electron chi connectivity index (χ0n) is 14.4. The molecule has 0 saturated carbocycles. The van der Waals surface area contributed by atoms with Crippen LogP contribution in [-0.2, 0) is 0 Å². The Balaban J connectivity index is 2.55. The molecule has 23 heavy (non-hydrogen) atoms. The van der Waals surface area contributed by atoms with Gasteiger partial charge in [-0.3, -0.25) is 0 Å². The van der Waals surface area contributed by atoms with E-state index in [0.29, 0.717) is 5.66 Å². The fourth-order valence-electron chi connectivity index (χ4n) is 2.28. The maximum atomic E-state index is 5.76. The first-order valence-electron chi connectivity index (χ1n) is 7.68. The molecule has 2 aromatic rings. The summed E-state index contributed by atoms with van der Waals surface area (Å²) >= 11 is 1.61. The molecule has 1 aromatic carbocycles. The molecule has 1 unspecified atom stereocenters. The van der Waals surface area contributed by atoms with Gasteiger partial charge in [0.25, 0.3) is 0 Å². The number of benzene rings is 1. The second-order valence-electron chi connectivity index (χ2n) is 5.67. The lowest BCUT2D eigenvalue weighted by molar-refractivity contribution is 0.534. The number of furan rings is 1. The Kier molecular flexibility index (Phi) is 6.68. The summed E-state index contributed by atoms with van der Waals surface area (Å²) in [7, 11) is -0.272. The predicted molar refractivity (Wildman–Crippen MR) is 107 cm³/mol. The summed E-state index contributed by atoms with van der Waals surface area (Å²) in [5.41, 5.74) is 5.78. The van der Waals surface area contributed by atoms with Crippen LogP contribution < -0.4 is 5.30 Å². The Hall–Kier alpha value is -1.31. The summed E-state index contributed by atoms with van der Waals surface area (Å²) in [4.78, 5) is 4.69. The van der Waals surface area contributed by atoms with Gasteiger partial charge >= 0.3 is 0 Å². The third-order valence-electron chi connectivity index (χ3n) is 3.77. The van der Waals surface area contributed by atoms with E-state index in [-0.39, 0.29) is 7.92 Å². The lowest BCUT2D eigenvalue weighted by atomic mass is 10.1. The lowest BCUT2D eigenvalue weighted by Gasteiger charge is -2.17. The van der Waals surface area contributed by atoms with Crippen molar-refractivity contribution in [1.82, 2.24) is 0 Å². The largest absolute Gasteiger partial charge is 0.468 e. The molecule has 2 rings (SSSR count). The second kappa shape index (κ2) is 8.52. The van der Waals surface area contributed by atoms with E-state index >= 15 is 0 Å². The van der Waals surface area contributed by atoms with Crippen LogP contribution in [0.2, 0.25) is 0 Å². The Bertz CT molecular complexity index is 689. The van der Waals surface area contributed by atoms with Gasteiger partial charge in [0.15, 0.2) is 0 Å². The van der Waals surface area contributed by atoms with Gasteiger partial charge in [0.1, 0.15) is 5.76 Å². The van der Waals surface area contributed by atoms with E-state index in [4.69, 9.17) is 9.41 Å². The number of nitrogens with zero attached hydrogens (tertiary/aromatic N) is 1. The van der Waals surface area contributed by atoms with Crippen molar-refractivity contribution in [3.8, 4) is 0 Å². The highest BCUT2D eigenvalue weighted by Crippen LogP contribution is 2.40. The molecule has 0 amide bonds. The summed E-state index contributed by atoms with van der Waals surface area (Å²) in [5, 5.41) is 1.30. The van der Waals surface area contributed by atoms with E-state index in [1.54, 1.807) is 11.8 Å². The van der Waals surface area contributed by atoms with Crippen LogP contribution in [0.3, 0.4) is 0 Å². The van der Waals surface area contributed by atoms with Gasteiger partial charge in [-0.25, -0.2) is 4.99 Å². The average Bonchev–Trinajstić information content (AvgIpc) is 2.93. The van der Waals surface area contributed by atoms with Crippen LogP contribution in [0.1, 0.15) is 30.7 Å². The molecule has 0 spiro atoms. The molecule has 1 aromatic heterocycles. The molecule has 0 radical (unpaired) electrons. The van der Waals surface area contributed by atoms with Crippen molar-refractivity contribution in [3.05, 3.63) is 53.5 Å². The Morgan fingerprint density at radius 3 is 2.57 bits per heavy atom. The summed E-state index contributed by atoms with van der Waals surface area (Å²) in [6.07, 6.45) is 6.08. The Morgan fingerprint density at radius 2 is 1.96 bits per heavy atom. The van der Waals surface area contributed by atoms with Gasteiger partial charge in [-0.05, 0) is 37.1 Å². The first-order valence-corrected chi connectivity index (χ1v) is 10.8. The second-order valence-corrected chi connectivity index (χ2v) is 9.09. The number of rotatable bonds is 6. The van der Waals surface area contributed by atoms with Crippen LogP contribution in [-0.4, -0.2) is 24.1 Å². The van der Waals surface area contributed by atoms with E-state index < -0.39 is 0 Å². The molecule has 1 atom stereocenters. The van der Waals surface area contributed by atoms with Crippen molar-refractivity contribution in [2.24, 2.45) is 4.99 Å². The van der Waals surface area contributed by atoms with Crippen LogP contribution in [0.25, 0.3) is 11.8 Å². The Morgan fingerprint density at radius 1 is 1.26 bits per heavy atom. The minimum atomic E-state index is -0.272. The molecule has 0 aliphatic heterocycles. The molecule has 0 saturated heterocycles. The normalized spacial score (nSPS) is 13.9. The standard InChI is InChI=1S/C19H24NOPS/c1-14(2)22(4)18-12-21-15(3)19(18)17(20-13-23-5)11-16-9-7-6-8-10-16/h6-14H,1-5H3/b17-11+,20-13?. The van der Waals surface area contributed by atoms with Crippen LogP contribution in [0.15, 0.2) is 46.0 Å². The van der Waals surface area contributed by atoms with Crippen LogP contribution in [0.5, 0.6) is 0 Å². The quantitative estimate of drug-likeness (QED) is 0.385. The molecule has 0 fully saturated rings. The number of aryl methyl sites for hydroxylation is 1. The lowest BCUT2D eigenvalue weighted by Crippen LogP contribution is -2.09. The van der Waals surface area contributed by atoms with E-state index in [0.717, 1.165) is 22.6 Å². The fraction of sp³-hybridized carbons (Fsp3) is 0.316. The van der Waals surface area contributed by atoms with Crippen molar-refractivity contribution in [3.63, 3.8) is 0 Å². The van der Waals surface area contributed by atoms with Crippen molar-refractivity contribution in [2.45, 2.75) is 26.4 Å². The van der Waals surface area contributed by atoms with Gasteiger partial charge in [-0.1, -0.05) is 52.1 Å². The van der Waals surface area contributed by atoms with E-state index in [1.807, 2.05) is 43.2 Å². The highest BCUT2D eigenvalue weighted by atomic mass is 32.2. The van der Waals surface area contributed by atoms with Crippen molar-refractivity contribution < 1.29 is 4.42 Å². The zero-order valence-corrected chi connectivity index (χ0v) is 16.1. The predicted octanol–water partition coefficient (Wildman–Crippen LogP) is 5.62. The number of aliphatic imine (C=N–C) groups is 1. The number of hydrogen-bond donors (Lipinski definition) is 0. The van der Waals surface area contributed by atoms with Gasteiger partial charge in [0.05, 0.1) is 17.5 Å². The van der Waals surface area contributed by atoms with Gasteiger partial charge in [0, 0.05) is 10.9 Å². The monoisotopic (exact) mass is 345 g/mol. The maximum absolute atomic E-state index is 5.76. The van der Waals surface area contributed by atoms with E-state index in [9.17, 15) is 0 Å². The SMILES string of the molecule is CSC=N/C(=C/c1ccccc1)c1c(P(C)C(C)C)coc1C. The maximum Gasteiger partial charge on any atom is 0.110 e. The minimum absolute atomic E-state index is 0.272. The van der Waals surface area contributed by atoms with Crippen LogP contribution >= 0.6 is 19.7 Å². The molecule has 4 heteroatoms. The molecule has 0 bridgehead atoms. The molecule has 0 N–H and O–H groups in total. The summed E-state index contributed by atoms with van der Waals surface area (Å²) in [6.45, 7) is 8.87. The highest BCUT2D eigenvalue weighted by molar-refractivity contribution is 8.11. The van der Waals surface area contributed by atoms with E-state index in [1.165, 1.54) is 5.30 Å². The third kappa shape index (κ3) is 4.59. The number of hydrogen-bond acceptors (Lipinski definition) is 3. The molecule has 1 heterocycles. The smallest absolute Gasteiger partial charge is 0.110 e. The third-order valence-corrected chi connectivity index (χ3v) is 6.72. The van der Waals surface area contributed by atoms with Gasteiger partial charge in [-0.2, -0.15) is 0 Å². The zero-order chi connectivity index (χ0) is 16.8. The number of thioether (sulfide) groups is 1. The van der Waals surface area contributed by atoms with E-state index in [2.05, 4.69) is 38.7 Å². The molecule has 0 aliphatic rings. The Labute approximate surface area is 144 Å². The summed E-state index contributed by atoms with van der Waals surface area (Å²) < 4.78 is 5.76. The van der Waals surface area contributed by atoms with Gasteiger partial charge in [-0.15, -0.1) is 11.8 Å². The van der Waals surface area contributed by atoms with Crippen LogP contribution in [0.4, 0.5) is 0 Å². The van der Waals surface area contributed by atoms with Crippen molar-refractivity contribution >= 4 is 42.3 Å². The van der Waals surface area contributed by atoms with Crippen molar-refractivity contribution in [1.29, 1.82) is 0 Å². The highest BCUT2D eigenvalue weighted by Gasteiger charge is 2.21. The fourth-order valence-corrected chi connectivity index (χ4v) is 3.90. The minimum Gasteiger partial charge on any atom is -0.468 e. The molecular weight excluding hydrogens is 321 g/mol. The molecule has 122 valence electrons. The first-order chi connectivity index (χ1) is 11.0. The molecule has 0 aliphatic carbocycles. The summed E-state index contributed by atoms with van der Waals surface area (Å²) in [5.74, 6) is 0.940. The van der Waals surface area contributed by atoms with Gasteiger partial charge in [0.2, 0.25) is 0 Å². The first kappa shape index (κ1) is 18.0. The average molecular weight is 345 g/mol. The summed E-state index contributed by atoms with van der Waals surface area (Å²) in [6, 6.07) is 10.3.